The number of fused-ring (bicyclic) bond motifs is 1. The van der Waals surface area contributed by atoms with Gasteiger partial charge >= 0.3 is 11.8 Å². The van der Waals surface area contributed by atoms with Gasteiger partial charge in [0, 0.05) is 18.3 Å². The Balaban J connectivity index is 1.82. The summed E-state index contributed by atoms with van der Waals surface area (Å²) in [7, 11) is 0. The molecule has 1 aliphatic rings. The van der Waals surface area contributed by atoms with E-state index in [1.165, 1.54) is 0 Å². The second-order valence-electron chi connectivity index (χ2n) is 5.15. The number of amides is 1. The molecule has 0 spiro atoms. The number of nitrogens with zero attached hydrogens (tertiary/aromatic N) is 2. The van der Waals surface area contributed by atoms with Gasteiger partial charge < -0.3 is 15.4 Å². The average Bonchev–Trinajstić information content (AvgIpc) is 2.75. The summed E-state index contributed by atoms with van der Waals surface area (Å²) in [5.41, 5.74) is 1.48. The molecule has 0 saturated heterocycles. The van der Waals surface area contributed by atoms with Crippen molar-refractivity contribution >= 4 is 17.1 Å². The minimum absolute atomic E-state index is 0.00803. The Morgan fingerprint density at radius 1 is 1.40 bits per heavy atom. The van der Waals surface area contributed by atoms with Crippen LogP contribution in [0.2, 0.25) is 0 Å². The lowest BCUT2D eigenvalue weighted by Crippen LogP contribution is -2.38. The number of pyridine rings is 1. The van der Waals surface area contributed by atoms with Crippen molar-refractivity contribution in [3.8, 4) is 0 Å². The van der Waals surface area contributed by atoms with Gasteiger partial charge in [0.1, 0.15) is 0 Å². The summed E-state index contributed by atoms with van der Waals surface area (Å²) >= 11 is 0. The van der Waals surface area contributed by atoms with Crippen molar-refractivity contribution in [2.75, 3.05) is 0 Å². The maximum atomic E-state index is 12.1. The lowest BCUT2D eigenvalue weighted by Gasteiger charge is -2.29. The van der Waals surface area contributed by atoms with Gasteiger partial charge in [0.05, 0.1) is 17.2 Å². The molecule has 7 nitrogen and oxygen atoms in total. The topological polar surface area (TPSA) is 100 Å². The third-order valence-electron chi connectivity index (χ3n) is 3.91. The van der Waals surface area contributed by atoms with Gasteiger partial charge in [-0.05, 0) is 31.7 Å². The zero-order chi connectivity index (χ0) is 14.1. The van der Waals surface area contributed by atoms with Gasteiger partial charge in [0.15, 0.2) is 0 Å². The minimum Gasteiger partial charge on any atom is -0.465 e. The molecule has 2 heterocycles. The highest BCUT2D eigenvalue weighted by atomic mass is 16.4. The lowest BCUT2D eigenvalue weighted by atomic mass is 9.91. The van der Waals surface area contributed by atoms with Crippen LogP contribution in [0.25, 0.3) is 11.0 Å². The van der Waals surface area contributed by atoms with Crippen LogP contribution in [0.4, 0.5) is 4.79 Å². The maximum Gasteiger partial charge on any atom is 0.404 e. The normalized spacial score (nSPS) is 22.8. The Kier molecular flexibility index (Phi) is 3.17. The van der Waals surface area contributed by atoms with Gasteiger partial charge in [-0.2, -0.15) is 0 Å². The van der Waals surface area contributed by atoms with Crippen molar-refractivity contribution < 1.29 is 9.90 Å². The molecule has 1 saturated carbocycles. The summed E-state index contributed by atoms with van der Waals surface area (Å²) in [4.78, 5) is 29.5. The molecule has 0 atom stereocenters. The van der Waals surface area contributed by atoms with Crippen LogP contribution in [0.5, 0.6) is 0 Å². The van der Waals surface area contributed by atoms with E-state index in [2.05, 4.69) is 15.3 Å². The van der Waals surface area contributed by atoms with Crippen molar-refractivity contribution in [1.29, 1.82) is 0 Å². The fourth-order valence-corrected chi connectivity index (χ4v) is 2.99. The Hall–Kier alpha value is -2.31. The van der Waals surface area contributed by atoms with E-state index in [0.29, 0.717) is 0 Å². The van der Waals surface area contributed by atoms with Crippen LogP contribution in [0.3, 0.4) is 0 Å². The van der Waals surface area contributed by atoms with Crippen LogP contribution in [-0.2, 0) is 0 Å². The largest absolute Gasteiger partial charge is 0.465 e. The van der Waals surface area contributed by atoms with E-state index in [1.54, 1.807) is 17.0 Å². The van der Waals surface area contributed by atoms with Gasteiger partial charge in [0.25, 0.3) is 0 Å². The first-order valence-corrected chi connectivity index (χ1v) is 6.69. The molecule has 106 valence electrons. The highest BCUT2D eigenvalue weighted by Crippen LogP contribution is 2.29. The molecule has 1 fully saturated rings. The Labute approximate surface area is 114 Å². The molecule has 2 aromatic rings. The minimum atomic E-state index is -0.983. The molecule has 20 heavy (non-hydrogen) atoms. The molecule has 3 N–H and O–H groups in total. The molecule has 7 heteroatoms. The number of carboxylic acid groups (broad SMARTS) is 1. The molecule has 0 aliphatic heterocycles. The quantitative estimate of drug-likeness (QED) is 0.773. The van der Waals surface area contributed by atoms with E-state index in [0.717, 1.165) is 36.7 Å². The van der Waals surface area contributed by atoms with Gasteiger partial charge in [0.2, 0.25) is 0 Å². The van der Waals surface area contributed by atoms with Crippen molar-refractivity contribution in [3.05, 3.63) is 28.9 Å². The summed E-state index contributed by atoms with van der Waals surface area (Å²) < 4.78 is 1.77. The van der Waals surface area contributed by atoms with Crippen LogP contribution in [0, 0.1) is 0 Å². The SMILES string of the molecule is O=C(O)NC1CCC(n2c(=O)[nH]c3cnccc32)CC1. The molecule has 3 rings (SSSR count). The molecule has 0 aromatic carbocycles. The monoisotopic (exact) mass is 276 g/mol. The van der Waals surface area contributed by atoms with Crippen molar-refractivity contribution in [2.24, 2.45) is 0 Å². The third kappa shape index (κ3) is 2.26. The number of carbonyl (C=O) groups is 1. The first-order valence-electron chi connectivity index (χ1n) is 6.69. The van der Waals surface area contributed by atoms with E-state index in [1.807, 2.05) is 6.07 Å². The molecule has 0 bridgehead atoms. The molecule has 0 unspecified atom stereocenters. The number of imidazole rings is 1. The Morgan fingerprint density at radius 2 is 2.15 bits per heavy atom. The zero-order valence-corrected chi connectivity index (χ0v) is 10.9. The van der Waals surface area contributed by atoms with Gasteiger partial charge in [-0.1, -0.05) is 0 Å². The first-order chi connectivity index (χ1) is 9.65. The van der Waals surface area contributed by atoms with Gasteiger partial charge in [-0.25, -0.2) is 9.59 Å². The number of aromatic amines is 1. The highest BCUT2D eigenvalue weighted by Gasteiger charge is 2.25. The molecular weight excluding hydrogens is 260 g/mol. The molecule has 0 radical (unpaired) electrons. The number of hydrogen-bond acceptors (Lipinski definition) is 3. The summed E-state index contributed by atoms with van der Waals surface area (Å²) in [6, 6.07) is 1.94. The second-order valence-corrected chi connectivity index (χ2v) is 5.15. The number of H-pyrrole nitrogens is 1. The van der Waals surface area contributed by atoms with Gasteiger partial charge in [-0.15, -0.1) is 0 Å². The summed E-state index contributed by atoms with van der Waals surface area (Å²) in [5.74, 6) is 0. The predicted octanol–water partition coefficient (Wildman–Crippen LogP) is 1.48. The fourth-order valence-electron chi connectivity index (χ4n) is 2.99. The molecule has 1 amide bonds. The Bertz CT molecular complexity index is 682. The lowest BCUT2D eigenvalue weighted by molar-refractivity contribution is 0.182. The number of aromatic nitrogens is 3. The number of nitrogens with one attached hydrogen (secondary N) is 2. The van der Waals surface area contributed by atoms with E-state index < -0.39 is 6.09 Å². The first kappa shape index (κ1) is 12.7. The average molecular weight is 276 g/mol. The van der Waals surface area contributed by atoms with Crippen molar-refractivity contribution in [3.63, 3.8) is 0 Å². The van der Waals surface area contributed by atoms with Crippen LogP contribution in [0.15, 0.2) is 23.3 Å². The van der Waals surface area contributed by atoms with E-state index in [-0.39, 0.29) is 17.8 Å². The predicted molar refractivity (Wildman–Crippen MR) is 72.8 cm³/mol. The third-order valence-corrected chi connectivity index (χ3v) is 3.91. The van der Waals surface area contributed by atoms with Crippen LogP contribution < -0.4 is 11.0 Å². The second kappa shape index (κ2) is 4.99. The van der Waals surface area contributed by atoms with Crippen LogP contribution in [-0.4, -0.2) is 31.8 Å². The van der Waals surface area contributed by atoms with Crippen LogP contribution in [0.1, 0.15) is 31.7 Å². The van der Waals surface area contributed by atoms with Crippen LogP contribution >= 0.6 is 0 Å². The highest BCUT2D eigenvalue weighted by molar-refractivity contribution is 5.73. The molecular formula is C13H16N4O3. The summed E-state index contributed by atoms with van der Waals surface area (Å²) in [6.45, 7) is 0. The van der Waals surface area contributed by atoms with E-state index >= 15 is 0 Å². The number of hydrogen-bond donors (Lipinski definition) is 3. The smallest absolute Gasteiger partial charge is 0.404 e. The summed E-state index contributed by atoms with van der Waals surface area (Å²) in [5, 5.41) is 11.2. The zero-order valence-electron chi connectivity index (χ0n) is 10.9. The van der Waals surface area contributed by atoms with Crippen molar-refractivity contribution in [1.82, 2.24) is 19.9 Å². The summed E-state index contributed by atoms with van der Waals surface area (Å²) in [6.07, 6.45) is 5.42. The van der Waals surface area contributed by atoms with Gasteiger partial charge in [-0.3, -0.25) is 9.55 Å². The van der Waals surface area contributed by atoms with Crippen molar-refractivity contribution in [2.45, 2.75) is 37.8 Å². The fraction of sp³-hybridized carbons (Fsp3) is 0.462. The number of rotatable bonds is 2. The maximum absolute atomic E-state index is 12.1. The standard InChI is InChI=1S/C13H16N4O3/c18-12-16-10-7-14-6-5-11(10)17(12)9-3-1-8(2-4-9)15-13(19)20/h5-9,15H,1-4H2,(H,16,18)(H,19,20). The molecule has 1 aliphatic carbocycles. The van der Waals surface area contributed by atoms with E-state index in [9.17, 15) is 9.59 Å². The Morgan fingerprint density at radius 3 is 2.85 bits per heavy atom. The van der Waals surface area contributed by atoms with E-state index in [4.69, 9.17) is 5.11 Å². The molecule has 2 aromatic heterocycles.